The molecule has 2 aromatic rings. The number of benzene rings is 1. The van der Waals surface area contributed by atoms with Crippen molar-refractivity contribution in [1.29, 1.82) is 0 Å². The van der Waals surface area contributed by atoms with Crippen molar-refractivity contribution in [2.24, 2.45) is 4.99 Å². The van der Waals surface area contributed by atoms with Crippen molar-refractivity contribution in [2.75, 3.05) is 5.75 Å². The fraction of sp³-hybridized carbons (Fsp3) is 0.0833. The minimum atomic E-state index is -0.00796. The first kappa shape index (κ1) is 11.0. The summed E-state index contributed by atoms with van der Waals surface area (Å²) in [5, 5.41) is 3.33. The summed E-state index contributed by atoms with van der Waals surface area (Å²) >= 11 is 1.40. The van der Waals surface area contributed by atoms with E-state index in [1.807, 2.05) is 24.3 Å². The van der Waals surface area contributed by atoms with Crippen molar-refractivity contribution in [1.82, 2.24) is 10.3 Å². The average Bonchev–Trinajstić information content (AvgIpc) is 3.01. The Labute approximate surface area is 107 Å². The van der Waals surface area contributed by atoms with E-state index in [9.17, 15) is 4.79 Å². The maximum Gasteiger partial charge on any atom is 0.236 e. The molecule has 3 rings (SSSR count). The van der Waals surface area contributed by atoms with Crippen molar-refractivity contribution < 1.29 is 9.21 Å². The molecule has 1 N–H and O–H groups in total. The third-order valence-corrected chi connectivity index (χ3v) is 3.26. The molecular formula is C12H9N3O2S. The van der Waals surface area contributed by atoms with E-state index in [0.29, 0.717) is 10.9 Å². The Bertz CT molecular complexity index is 608. The van der Waals surface area contributed by atoms with Crippen LogP contribution in [-0.4, -0.2) is 21.8 Å². The second kappa shape index (κ2) is 4.66. The van der Waals surface area contributed by atoms with Gasteiger partial charge in [-0.25, -0.2) is 9.98 Å². The Morgan fingerprint density at radius 1 is 1.44 bits per heavy atom. The van der Waals surface area contributed by atoms with Gasteiger partial charge < -0.3 is 9.73 Å². The Kier molecular flexibility index (Phi) is 2.85. The van der Waals surface area contributed by atoms with Crippen molar-refractivity contribution in [2.45, 2.75) is 0 Å². The number of amidine groups is 1. The van der Waals surface area contributed by atoms with Crippen LogP contribution in [0.1, 0.15) is 0 Å². The zero-order valence-electron chi connectivity index (χ0n) is 9.29. The Morgan fingerprint density at radius 2 is 2.39 bits per heavy atom. The first-order chi connectivity index (χ1) is 8.81. The third kappa shape index (κ3) is 2.28. The molecule has 1 aromatic carbocycles. The molecule has 90 valence electrons. The molecule has 0 bridgehead atoms. The van der Waals surface area contributed by atoms with E-state index in [2.05, 4.69) is 15.3 Å². The molecule has 1 amide bonds. The first-order valence-corrected chi connectivity index (χ1v) is 6.30. The molecule has 1 saturated heterocycles. The first-order valence-electron chi connectivity index (χ1n) is 5.31. The molecular weight excluding hydrogens is 250 g/mol. The lowest BCUT2D eigenvalue weighted by molar-refractivity contribution is -0.116. The van der Waals surface area contributed by atoms with Gasteiger partial charge in [-0.05, 0) is 12.1 Å². The van der Waals surface area contributed by atoms with E-state index in [1.54, 1.807) is 6.26 Å². The van der Waals surface area contributed by atoms with Crippen LogP contribution >= 0.6 is 11.8 Å². The van der Waals surface area contributed by atoms with Crippen LogP contribution in [0.3, 0.4) is 0 Å². The summed E-state index contributed by atoms with van der Waals surface area (Å²) in [5.41, 5.74) is 2.47. The number of carbonyl (C=O) groups is 1. The quantitative estimate of drug-likeness (QED) is 0.897. The molecule has 0 aliphatic carbocycles. The van der Waals surface area contributed by atoms with E-state index in [4.69, 9.17) is 4.42 Å². The molecule has 0 radical (unpaired) electrons. The minimum Gasteiger partial charge on any atom is -0.451 e. The van der Waals surface area contributed by atoms with Crippen molar-refractivity contribution in [3.05, 3.63) is 36.9 Å². The number of rotatable bonds is 2. The van der Waals surface area contributed by atoms with Gasteiger partial charge >= 0.3 is 0 Å². The van der Waals surface area contributed by atoms with E-state index in [0.717, 1.165) is 16.9 Å². The van der Waals surface area contributed by atoms with Crippen LogP contribution in [0.25, 0.3) is 11.3 Å². The predicted molar refractivity (Wildman–Crippen MR) is 69.6 cm³/mol. The maximum atomic E-state index is 11.1. The summed E-state index contributed by atoms with van der Waals surface area (Å²) in [7, 11) is 0. The van der Waals surface area contributed by atoms with Crippen LogP contribution in [0, 0.1) is 0 Å². The van der Waals surface area contributed by atoms with Gasteiger partial charge in [-0.15, -0.1) is 0 Å². The number of nitrogens with one attached hydrogen (secondary N) is 1. The molecule has 1 aliphatic heterocycles. The Hall–Kier alpha value is -2.08. The number of amides is 1. The Balaban J connectivity index is 1.90. The maximum absolute atomic E-state index is 11.1. The summed E-state index contributed by atoms with van der Waals surface area (Å²) in [4.78, 5) is 19.5. The lowest BCUT2D eigenvalue weighted by atomic mass is 10.1. The molecule has 1 aliphatic rings. The standard InChI is InChI=1S/C12H9N3O2S/c16-11-6-18-12(15-11)14-9-3-1-2-8(4-9)10-5-17-7-13-10/h1-5,7H,6H2,(H,14,15,16). The molecule has 1 fully saturated rings. The van der Waals surface area contributed by atoms with Crippen LogP contribution in [0.15, 0.2) is 46.3 Å². The molecule has 18 heavy (non-hydrogen) atoms. The van der Waals surface area contributed by atoms with Gasteiger partial charge in [-0.1, -0.05) is 23.9 Å². The van der Waals surface area contributed by atoms with Crippen LogP contribution in [0.2, 0.25) is 0 Å². The monoisotopic (exact) mass is 259 g/mol. The molecule has 1 aromatic heterocycles. The van der Waals surface area contributed by atoms with Gasteiger partial charge in [-0.3, -0.25) is 4.79 Å². The molecule has 0 unspecified atom stereocenters. The lowest BCUT2D eigenvalue weighted by Gasteiger charge is -1.99. The molecule has 0 atom stereocenters. The molecule has 0 saturated carbocycles. The van der Waals surface area contributed by atoms with Gasteiger partial charge in [0, 0.05) is 5.56 Å². The number of thioether (sulfide) groups is 1. The fourth-order valence-electron chi connectivity index (χ4n) is 1.59. The fourth-order valence-corrected chi connectivity index (χ4v) is 2.29. The largest absolute Gasteiger partial charge is 0.451 e. The topological polar surface area (TPSA) is 67.5 Å². The van der Waals surface area contributed by atoms with Crippen LogP contribution in [0.5, 0.6) is 0 Å². The molecule has 6 heteroatoms. The van der Waals surface area contributed by atoms with Crippen molar-refractivity contribution >= 4 is 28.5 Å². The predicted octanol–water partition coefficient (Wildman–Crippen LogP) is 2.19. The minimum absolute atomic E-state index is 0.00796. The number of hydrogen-bond acceptors (Lipinski definition) is 5. The van der Waals surface area contributed by atoms with Gasteiger partial charge in [0.25, 0.3) is 0 Å². The van der Waals surface area contributed by atoms with E-state index >= 15 is 0 Å². The van der Waals surface area contributed by atoms with E-state index in [1.165, 1.54) is 18.2 Å². The van der Waals surface area contributed by atoms with Crippen LogP contribution < -0.4 is 5.32 Å². The van der Waals surface area contributed by atoms with Crippen LogP contribution in [-0.2, 0) is 4.79 Å². The summed E-state index contributed by atoms with van der Waals surface area (Å²) in [6.45, 7) is 0. The van der Waals surface area contributed by atoms with E-state index < -0.39 is 0 Å². The third-order valence-electron chi connectivity index (χ3n) is 2.39. The zero-order chi connectivity index (χ0) is 12.4. The smallest absolute Gasteiger partial charge is 0.236 e. The van der Waals surface area contributed by atoms with Gasteiger partial charge in [-0.2, -0.15) is 0 Å². The molecule has 5 nitrogen and oxygen atoms in total. The van der Waals surface area contributed by atoms with Gasteiger partial charge in [0.1, 0.15) is 12.0 Å². The highest BCUT2D eigenvalue weighted by Crippen LogP contribution is 2.24. The number of aliphatic imine (C=N–C) groups is 1. The highest BCUT2D eigenvalue weighted by molar-refractivity contribution is 8.15. The lowest BCUT2D eigenvalue weighted by Crippen LogP contribution is -2.19. The van der Waals surface area contributed by atoms with Crippen molar-refractivity contribution in [3.63, 3.8) is 0 Å². The molecule has 2 heterocycles. The number of hydrogen-bond donors (Lipinski definition) is 1. The average molecular weight is 259 g/mol. The van der Waals surface area contributed by atoms with Gasteiger partial charge in [0.2, 0.25) is 5.91 Å². The van der Waals surface area contributed by atoms with Gasteiger partial charge in [0.15, 0.2) is 11.6 Å². The SMILES string of the molecule is O=C1CSC(=Nc2cccc(-c3cocn3)c2)N1. The zero-order valence-corrected chi connectivity index (χ0v) is 10.1. The summed E-state index contributed by atoms with van der Waals surface area (Å²) in [6.07, 6.45) is 2.97. The number of nitrogens with zero attached hydrogens (tertiary/aromatic N) is 2. The van der Waals surface area contributed by atoms with Gasteiger partial charge in [0.05, 0.1) is 11.4 Å². The second-order valence-electron chi connectivity index (χ2n) is 3.68. The highest BCUT2D eigenvalue weighted by atomic mass is 32.2. The summed E-state index contributed by atoms with van der Waals surface area (Å²) in [5.74, 6) is 0.424. The normalized spacial score (nSPS) is 17.1. The summed E-state index contributed by atoms with van der Waals surface area (Å²) in [6, 6.07) is 7.60. The Morgan fingerprint density at radius 3 is 3.11 bits per heavy atom. The highest BCUT2D eigenvalue weighted by Gasteiger charge is 2.16. The van der Waals surface area contributed by atoms with Crippen LogP contribution in [0.4, 0.5) is 5.69 Å². The second-order valence-corrected chi connectivity index (χ2v) is 4.64. The number of aromatic nitrogens is 1. The molecule has 0 spiro atoms. The number of carbonyl (C=O) groups excluding carboxylic acids is 1. The van der Waals surface area contributed by atoms with E-state index in [-0.39, 0.29) is 5.91 Å². The van der Waals surface area contributed by atoms with Crippen molar-refractivity contribution in [3.8, 4) is 11.3 Å². The summed E-state index contributed by atoms with van der Waals surface area (Å²) < 4.78 is 4.95. The number of oxazole rings is 1.